The lowest BCUT2D eigenvalue weighted by Crippen LogP contribution is -2.09. The third kappa shape index (κ3) is 5.90. The fraction of sp³-hybridized carbons (Fsp3) is 1.00. The van der Waals surface area contributed by atoms with Crippen LogP contribution in [0, 0.1) is 10.1 Å². The van der Waals surface area contributed by atoms with Crippen LogP contribution in [0.2, 0.25) is 0 Å². The molecule has 0 rings (SSSR count). The molecule has 8 heteroatoms. The van der Waals surface area contributed by atoms with Crippen LogP contribution in [0.15, 0.2) is 0 Å². The predicted molar refractivity (Wildman–Crippen MR) is 48.7 cm³/mol. The van der Waals surface area contributed by atoms with E-state index in [1.165, 1.54) is 0 Å². The molecule has 84 valence electrons. The molecule has 0 aliphatic heterocycles. The molecule has 0 bridgehead atoms. The van der Waals surface area contributed by atoms with Crippen LogP contribution in [0.5, 0.6) is 0 Å². The maximum atomic E-state index is 11.6. The van der Waals surface area contributed by atoms with Crippen molar-refractivity contribution in [2.75, 3.05) is 26.0 Å². The van der Waals surface area contributed by atoms with Crippen molar-refractivity contribution in [3.8, 4) is 0 Å². The quantitative estimate of drug-likeness (QED) is 0.354. The van der Waals surface area contributed by atoms with Gasteiger partial charge >= 0.3 is 7.60 Å². The number of hydrogen-bond acceptors (Lipinski definition) is 6. The van der Waals surface area contributed by atoms with Crippen LogP contribution in [0.25, 0.3) is 0 Å². The Hall–Kier alpha value is -0.650. The molecule has 0 amide bonds. The minimum Gasteiger partial charge on any atom is -0.313 e. The Labute approximate surface area is 82.0 Å². The van der Waals surface area contributed by atoms with E-state index in [1.807, 2.05) is 0 Å². The van der Waals surface area contributed by atoms with Gasteiger partial charge in [-0.05, 0) is 13.8 Å². The predicted octanol–water partition coefficient (Wildman–Crippen LogP) is 1.46. The van der Waals surface area contributed by atoms with Crippen molar-refractivity contribution >= 4 is 7.60 Å². The van der Waals surface area contributed by atoms with Gasteiger partial charge in [0.2, 0.25) is 0 Å². The van der Waals surface area contributed by atoms with Crippen molar-refractivity contribution in [1.82, 2.24) is 0 Å². The van der Waals surface area contributed by atoms with Crippen molar-refractivity contribution < 1.29 is 23.5 Å². The Morgan fingerprint density at radius 3 is 2.14 bits per heavy atom. The summed E-state index contributed by atoms with van der Waals surface area (Å²) >= 11 is 0. The smallest absolute Gasteiger partial charge is 0.313 e. The highest BCUT2D eigenvalue weighted by molar-refractivity contribution is 7.53. The van der Waals surface area contributed by atoms with E-state index < -0.39 is 12.7 Å². The first kappa shape index (κ1) is 13.4. The third-order valence-electron chi connectivity index (χ3n) is 1.21. The van der Waals surface area contributed by atoms with E-state index in [2.05, 4.69) is 4.84 Å². The normalized spacial score (nSPS) is 11.3. The fourth-order valence-electron chi connectivity index (χ4n) is 0.787. The standard InChI is InChI=1S/C6H14NO6P/c1-3-12-14(10,13-4-2)6-5-11-7(8)9/h3-6H2,1-2H3. The molecule has 0 atom stereocenters. The van der Waals surface area contributed by atoms with Gasteiger partial charge in [-0.15, -0.1) is 10.1 Å². The SMILES string of the molecule is CCOP(=O)(CCO[N+](=O)[O-])OCC. The van der Waals surface area contributed by atoms with Crippen LogP contribution in [0.4, 0.5) is 0 Å². The molecule has 0 spiro atoms. The second-order valence-electron chi connectivity index (χ2n) is 2.23. The average molecular weight is 227 g/mol. The zero-order valence-corrected chi connectivity index (χ0v) is 9.07. The van der Waals surface area contributed by atoms with E-state index >= 15 is 0 Å². The van der Waals surface area contributed by atoms with Crippen LogP contribution in [0.1, 0.15) is 13.8 Å². The maximum Gasteiger partial charge on any atom is 0.332 e. The lowest BCUT2D eigenvalue weighted by Gasteiger charge is -2.15. The van der Waals surface area contributed by atoms with Crippen LogP contribution in [-0.4, -0.2) is 31.1 Å². The Kier molecular flexibility index (Phi) is 6.44. The minimum atomic E-state index is -3.20. The zero-order chi connectivity index (χ0) is 11.0. The Morgan fingerprint density at radius 1 is 1.29 bits per heavy atom. The Balaban J connectivity index is 3.96. The largest absolute Gasteiger partial charge is 0.332 e. The van der Waals surface area contributed by atoms with Gasteiger partial charge < -0.3 is 13.9 Å². The van der Waals surface area contributed by atoms with Gasteiger partial charge in [-0.25, -0.2) is 0 Å². The van der Waals surface area contributed by atoms with Gasteiger partial charge in [-0.1, -0.05) is 0 Å². The van der Waals surface area contributed by atoms with Gasteiger partial charge in [-0.3, -0.25) is 4.57 Å². The van der Waals surface area contributed by atoms with E-state index in [1.54, 1.807) is 13.8 Å². The summed E-state index contributed by atoms with van der Waals surface area (Å²) in [5.74, 6) is 0. The Morgan fingerprint density at radius 2 is 1.79 bits per heavy atom. The van der Waals surface area contributed by atoms with Crippen molar-refractivity contribution in [3.05, 3.63) is 10.1 Å². The van der Waals surface area contributed by atoms with Crippen LogP contribution >= 0.6 is 7.60 Å². The summed E-state index contributed by atoms with van der Waals surface area (Å²) in [5, 5.41) is 8.87. The average Bonchev–Trinajstić information content (AvgIpc) is 2.03. The molecule has 14 heavy (non-hydrogen) atoms. The van der Waals surface area contributed by atoms with Crippen molar-refractivity contribution in [2.45, 2.75) is 13.8 Å². The molecule has 0 aliphatic carbocycles. The second kappa shape index (κ2) is 6.75. The first-order chi connectivity index (χ1) is 6.54. The summed E-state index contributed by atoms with van der Waals surface area (Å²) in [7, 11) is -3.20. The topological polar surface area (TPSA) is 87.9 Å². The van der Waals surface area contributed by atoms with Crippen molar-refractivity contribution in [1.29, 1.82) is 0 Å². The molecule has 0 fully saturated rings. The highest BCUT2D eigenvalue weighted by Gasteiger charge is 2.23. The molecule has 0 aromatic rings. The van der Waals surface area contributed by atoms with E-state index in [0.29, 0.717) is 0 Å². The molecule has 0 aliphatic rings. The molecule has 0 unspecified atom stereocenters. The molecular weight excluding hydrogens is 213 g/mol. The zero-order valence-electron chi connectivity index (χ0n) is 8.17. The summed E-state index contributed by atoms with van der Waals surface area (Å²) in [4.78, 5) is 13.8. The van der Waals surface area contributed by atoms with Crippen LogP contribution < -0.4 is 0 Å². The number of nitrogens with zero attached hydrogens (tertiary/aromatic N) is 1. The van der Waals surface area contributed by atoms with Gasteiger partial charge in [0.05, 0.1) is 19.4 Å². The van der Waals surface area contributed by atoms with Crippen LogP contribution in [0.3, 0.4) is 0 Å². The molecule has 0 N–H and O–H groups in total. The third-order valence-corrected chi connectivity index (χ3v) is 3.25. The van der Waals surface area contributed by atoms with Gasteiger partial charge in [0, 0.05) is 0 Å². The van der Waals surface area contributed by atoms with Gasteiger partial charge in [-0.2, -0.15) is 0 Å². The summed E-state index contributed by atoms with van der Waals surface area (Å²) in [5.41, 5.74) is 0. The maximum absolute atomic E-state index is 11.6. The molecule has 0 heterocycles. The van der Waals surface area contributed by atoms with Gasteiger partial charge in [0.25, 0.3) is 5.09 Å². The van der Waals surface area contributed by atoms with Gasteiger partial charge in [0.15, 0.2) is 0 Å². The van der Waals surface area contributed by atoms with E-state index in [9.17, 15) is 14.7 Å². The summed E-state index contributed by atoms with van der Waals surface area (Å²) in [6, 6.07) is 0. The molecular formula is C6H14NO6P. The minimum absolute atomic E-state index is 0.115. The Bertz CT molecular complexity index is 210. The first-order valence-electron chi connectivity index (χ1n) is 4.19. The molecule has 0 aromatic heterocycles. The van der Waals surface area contributed by atoms with Crippen LogP contribution in [-0.2, 0) is 18.5 Å². The number of hydrogen-bond donors (Lipinski definition) is 0. The van der Waals surface area contributed by atoms with E-state index in [0.717, 1.165) is 0 Å². The molecule has 0 saturated carbocycles. The number of rotatable bonds is 8. The summed E-state index contributed by atoms with van der Waals surface area (Å²) < 4.78 is 21.4. The second-order valence-corrected chi connectivity index (χ2v) is 4.41. The lowest BCUT2D eigenvalue weighted by atomic mass is 10.9. The van der Waals surface area contributed by atoms with E-state index in [4.69, 9.17) is 9.05 Å². The van der Waals surface area contributed by atoms with E-state index in [-0.39, 0.29) is 26.0 Å². The monoisotopic (exact) mass is 227 g/mol. The highest BCUT2D eigenvalue weighted by Crippen LogP contribution is 2.47. The first-order valence-corrected chi connectivity index (χ1v) is 5.92. The van der Waals surface area contributed by atoms with Crippen molar-refractivity contribution in [2.24, 2.45) is 0 Å². The highest BCUT2D eigenvalue weighted by atomic mass is 31.2. The molecule has 7 nitrogen and oxygen atoms in total. The molecule has 0 saturated heterocycles. The van der Waals surface area contributed by atoms with Gasteiger partial charge in [0.1, 0.15) is 6.61 Å². The lowest BCUT2D eigenvalue weighted by molar-refractivity contribution is -0.756. The summed E-state index contributed by atoms with van der Waals surface area (Å²) in [6.45, 7) is 3.51. The molecule has 0 radical (unpaired) electrons. The summed E-state index contributed by atoms with van der Waals surface area (Å²) in [6.07, 6.45) is -0.115. The fourth-order valence-corrected chi connectivity index (χ4v) is 2.21. The molecule has 0 aromatic carbocycles. The van der Waals surface area contributed by atoms with Crippen molar-refractivity contribution in [3.63, 3.8) is 0 Å².